The first kappa shape index (κ1) is 11.1. The van der Waals surface area contributed by atoms with Crippen LogP contribution in [0.1, 0.15) is 11.5 Å². The monoisotopic (exact) mass is 228 g/mol. The number of nitrogens with one attached hydrogen (secondary N) is 1. The van der Waals surface area contributed by atoms with Crippen molar-refractivity contribution in [3.8, 4) is 0 Å². The lowest BCUT2D eigenvalue weighted by Crippen LogP contribution is -2.08. The molecule has 4 heteroatoms. The fraction of sp³-hybridized carbons (Fsp3) is 0.0769. The topological polar surface area (TPSA) is 55.1 Å². The van der Waals surface area contributed by atoms with Crippen LogP contribution in [0.3, 0.4) is 0 Å². The van der Waals surface area contributed by atoms with Crippen LogP contribution in [-0.2, 0) is 4.79 Å². The summed E-state index contributed by atoms with van der Waals surface area (Å²) in [5, 5.41) is 2.64. The lowest BCUT2D eigenvalue weighted by molar-refractivity contribution is -0.111. The number of aryl methyl sites for hydroxylation is 1. The van der Waals surface area contributed by atoms with Crippen LogP contribution in [0.15, 0.2) is 47.0 Å². The van der Waals surface area contributed by atoms with Gasteiger partial charge in [0.15, 0.2) is 0 Å². The molecule has 86 valence electrons. The molecule has 0 unspecified atom stereocenters. The molecule has 1 N–H and O–H groups in total. The highest BCUT2D eigenvalue weighted by Crippen LogP contribution is 2.08. The van der Waals surface area contributed by atoms with Crippen molar-refractivity contribution in [2.75, 3.05) is 5.32 Å². The second-order valence-electron chi connectivity index (χ2n) is 3.49. The van der Waals surface area contributed by atoms with E-state index in [4.69, 9.17) is 4.42 Å². The molecule has 0 bridgehead atoms. The molecule has 0 aliphatic heterocycles. The van der Waals surface area contributed by atoms with Gasteiger partial charge in [0.25, 0.3) is 0 Å². The molecule has 2 heterocycles. The number of hydrogen-bond acceptors (Lipinski definition) is 3. The summed E-state index contributed by atoms with van der Waals surface area (Å²) in [4.78, 5) is 15.5. The fourth-order valence-electron chi connectivity index (χ4n) is 1.31. The van der Waals surface area contributed by atoms with E-state index >= 15 is 0 Å². The standard InChI is InChI=1S/C13H12N2O2/c1-10-5-6-11(17-10)7-8-13(16)15-12-4-2-3-9-14-12/h2-9H,1H3,(H,14,15,16). The molecule has 0 spiro atoms. The van der Waals surface area contributed by atoms with Crippen molar-refractivity contribution in [3.63, 3.8) is 0 Å². The number of furan rings is 1. The minimum atomic E-state index is -0.238. The number of aromatic nitrogens is 1. The van der Waals surface area contributed by atoms with Crippen molar-refractivity contribution >= 4 is 17.8 Å². The van der Waals surface area contributed by atoms with E-state index < -0.39 is 0 Å². The van der Waals surface area contributed by atoms with Gasteiger partial charge >= 0.3 is 0 Å². The molecule has 0 saturated carbocycles. The number of rotatable bonds is 3. The molecule has 2 aromatic rings. The number of carbonyl (C=O) groups excluding carboxylic acids is 1. The summed E-state index contributed by atoms with van der Waals surface area (Å²) in [6.45, 7) is 1.85. The van der Waals surface area contributed by atoms with E-state index in [-0.39, 0.29) is 5.91 Å². The average Bonchev–Trinajstić information content (AvgIpc) is 2.74. The van der Waals surface area contributed by atoms with Crippen molar-refractivity contribution < 1.29 is 9.21 Å². The summed E-state index contributed by atoms with van der Waals surface area (Å²) >= 11 is 0. The van der Waals surface area contributed by atoms with Crippen LogP contribution in [0, 0.1) is 6.92 Å². The van der Waals surface area contributed by atoms with Gasteiger partial charge < -0.3 is 9.73 Å². The summed E-state index contributed by atoms with van der Waals surface area (Å²) in [5.41, 5.74) is 0. The summed E-state index contributed by atoms with van der Waals surface area (Å²) in [5.74, 6) is 1.75. The first-order valence-corrected chi connectivity index (χ1v) is 5.20. The van der Waals surface area contributed by atoms with Gasteiger partial charge in [0.05, 0.1) is 0 Å². The Labute approximate surface area is 99.0 Å². The Morgan fingerprint density at radius 3 is 2.88 bits per heavy atom. The van der Waals surface area contributed by atoms with E-state index in [1.165, 1.54) is 6.08 Å². The van der Waals surface area contributed by atoms with E-state index in [1.54, 1.807) is 30.5 Å². The lowest BCUT2D eigenvalue weighted by atomic mass is 10.3. The molecular formula is C13H12N2O2. The van der Waals surface area contributed by atoms with Gasteiger partial charge in [0, 0.05) is 12.3 Å². The SMILES string of the molecule is Cc1ccc(C=CC(=O)Nc2ccccn2)o1. The van der Waals surface area contributed by atoms with Gasteiger partial charge in [-0.25, -0.2) is 4.98 Å². The average molecular weight is 228 g/mol. The summed E-state index contributed by atoms with van der Waals surface area (Å²) < 4.78 is 5.30. The molecular weight excluding hydrogens is 216 g/mol. The molecule has 1 amide bonds. The Hall–Kier alpha value is -2.36. The van der Waals surface area contributed by atoms with E-state index in [0.29, 0.717) is 11.6 Å². The quantitative estimate of drug-likeness (QED) is 0.821. The molecule has 2 rings (SSSR count). The maximum Gasteiger partial charge on any atom is 0.249 e. The molecule has 0 aliphatic carbocycles. The Morgan fingerprint density at radius 2 is 2.24 bits per heavy atom. The van der Waals surface area contributed by atoms with Crippen molar-refractivity contribution in [1.82, 2.24) is 4.98 Å². The zero-order valence-electron chi connectivity index (χ0n) is 9.38. The second kappa shape index (κ2) is 5.12. The minimum absolute atomic E-state index is 0.238. The molecule has 0 aromatic carbocycles. The fourth-order valence-corrected chi connectivity index (χ4v) is 1.31. The normalized spacial score (nSPS) is 10.6. The van der Waals surface area contributed by atoms with E-state index in [1.807, 2.05) is 19.1 Å². The number of hydrogen-bond donors (Lipinski definition) is 1. The van der Waals surface area contributed by atoms with Gasteiger partial charge in [0.1, 0.15) is 17.3 Å². The molecule has 0 radical (unpaired) electrons. The third-order valence-electron chi connectivity index (χ3n) is 2.08. The van der Waals surface area contributed by atoms with Crippen molar-refractivity contribution in [2.24, 2.45) is 0 Å². The maximum atomic E-state index is 11.5. The zero-order valence-corrected chi connectivity index (χ0v) is 9.38. The highest BCUT2D eigenvalue weighted by Gasteiger charge is 1.98. The van der Waals surface area contributed by atoms with Gasteiger partial charge in [-0.05, 0) is 37.3 Å². The lowest BCUT2D eigenvalue weighted by Gasteiger charge is -1.98. The van der Waals surface area contributed by atoms with Crippen molar-refractivity contribution in [2.45, 2.75) is 6.92 Å². The second-order valence-corrected chi connectivity index (χ2v) is 3.49. The van der Waals surface area contributed by atoms with Gasteiger partial charge in [-0.3, -0.25) is 4.79 Å². The smallest absolute Gasteiger partial charge is 0.249 e. The van der Waals surface area contributed by atoms with Gasteiger partial charge in [0.2, 0.25) is 5.91 Å². The molecule has 2 aromatic heterocycles. The molecule has 0 saturated heterocycles. The number of nitrogens with zero attached hydrogens (tertiary/aromatic N) is 1. The molecule has 0 atom stereocenters. The van der Waals surface area contributed by atoms with Crippen LogP contribution in [0.5, 0.6) is 0 Å². The maximum absolute atomic E-state index is 11.5. The molecule has 0 fully saturated rings. The van der Waals surface area contributed by atoms with Gasteiger partial charge in [-0.2, -0.15) is 0 Å². The van der Waals surface area contributed by atoms with Crippen LogP contribution >= 0.6 is 0 Å². The zero-order chi connectivity index (χ0) is 12.1. The highest BCUT2D eigenvalue weighted by atomic mass is 16.3. The number of amides is 1. The predicted octanol–water partition coefficient (Wildman–Crippen LogP) is 2.63. The van der Waals surface area contributed by atoms with Crippen molar-refractivity contribution in [1.29, 1.82) is 0 Å². The van der Waals surface area contributed by atoms with E-state index in [0.717, 1.165) is 5.76 Å². The Bertz CT molecular complexity index is 529. The molecule has 4 nitrogen and oxygen atoms in total. The van der Waals surface area contributed by atoms with Crippen LogP contribution in [-0.4, -0.2) is 10.9 Å². The summed E-state index contributed by atoms with van der Waals surface area (Å²) in [6.07, 6.45) is 4.65. The van der Waals surface area contributed by atoms with Crippen molar-refractivity contribution in [3.05, 3.63) is 54.1 Å². The Morgan fingerprint density at radius 1 is 1.35 bits per heavy atom. The largest absolute Gasteiger partial charge is 0.462 e. The van der Waals surface area contributed by atoms with Crippen LogP contribution < -0.4 is 5.32 Å². The van der Waals surface area contributed by atoms with E-state index in [9.17, 15) is 4.79 Å². The van der Waals surface area contributed by atoms with Gasteiger partial charge in [-0.15, -0.1) is 0 Å². The first-order chi connectivity index (χ1) is 8.24. The highest BCUT2D eigenvalue weighted by molar-refractivity contribution is 6.01. The summed E-state index contributed by atoms with van der Waals surface area (Å²) in [7, 11) is 0. The number of carbonyl (C=O) groups is 1. The van der Waals surface area contributed by atoms with Crippen LogP contribution in [0.25, 0.3) is 6.08 Å². The Balaban J connectivity index is 1.96. The Kier molecular flexibility index (Phi) is 3.35. The van der Waals surface area contributed by atoms with E-state index in [2.05, 4.69) is 10.3 Å². The third-order valence-corrected chi connectivity index (χ3v) is 2.08. The predicted molar refractivity (Wildman–Crippen MR) is 65.3 cm³/mol. The third kappa shape index (κ3) is 3.31. The van der Waals surface area contributed by atoms with Crippen LogP contribution in [0.2, 0.25) is 0 Å². The first-order valence-electron chi connectivity index (χ1n) is 5.20. The number of pyridine rings is 1. The molecule has 17 heavy (non-hydrogen) atoms. The number of anilines is 1. The van der Waals surface area contributed by atoms with Crippen LogP contribution in [0.4, 0.5) is 5.82 Å². The van der Waals surface area contributed by atoms with Gasteiger partial charge in [-0.1, -0.05) is 6.07 Å². The summed E-state index contributed by atoms with van der Waals surface area (Å²) in [6, 6.07) is 8.97. The minimum Gasteiger partial charge on any atom is -0.462 e. The molecule has 0 aliphatic rings.